The molecule has 0 saturated heterocycles. The zero-order valence-electron chi connectivity index (χ0n) is 25.0. The Balaban J connectivity index is 1.81. The van der Waals surface area contributed by atoms with Crippen molar-refractivity contribution < 1.29 is 28.6 Å². The van der Waals surface area contributed by atoms with Crippen LogP contribution >= 0.6 is 0 Å². The van der Waals surface area contributed by atoms with Crippen molar-refractivity contribution in [2.45, 2.75) is 72.5 Å². The van der Waals surface area contributed by atoms with Gasteiger partial charge in [0.15, 0.2) is 5.75 Å². The predicted molar refractivity (Wildman–Crippen MR) is 159 cm³/mol. The predicted octanol–water partition coefficient (Wildman–Crippen LogP) is 9.13. The molecule has 0 aliphatic carbocycles. The van der Waals surface area contributed by atoms with Crippen molar-refractivity contribution in [3.8, 4) is 5.75 Å². The molecule has 0 aliphatic rings. The van der Waals surface area contributed by atoms with Crippen LogP contribution in [0.25, 0.3) is 0 Å². The van der Waals surface area contributed by atoms with Crippen LogP contribution in [0, 0.1) is 0 Å². The van der Waals surface area contributed by atoms with Crippen LogP contribution in [-0.4, -0.2) is 29.1 Å². The quantitative estimate of drug-likeness (QED) is 0.143. The topological polar surface area (TPSA) is 128 Å². The molecule has 0 saturated carbocycles. The average molecular weight is 573 g/mol. The van der Waals surface area contributed by atoms with Crippen LogP contribution < -0.4 is 4.74 Å². The van der Waals surface area contributed by atoms with Gasteiger partial charge in [0.05, 0.1) is 28.2 Å². The molecule has 0 spiro atoms. The van der Waals surface area contributed by atoms with Crippen molar-refractivity contribution in [2.75, 3.05) is 0 Å². The van der Waals surface area contributed by atoms with Crippen LogP contribution in [0.5, 0.6) is 5.75 Å². The van der Waals surface area contributed by atoms with Crippen molar-refractivity contribution in [3.63, 3.8) is 0 Å². The molecular formula is C32H36N4O6. The van der Waals surface area contributed by atoms with Gasteiger partial charge in [-0.25, -0.2) is 9.59 Å². The summed E-state index contributed by atoms with van der Waals surface area (Å²) < 4.78 is 16.3. The zero-order valence-corrected chi connectivity index (χ0v) is 25.0. The van der Waals surface area contributed by atoms with Gasteiger partial charge in [0, 0.05) is 6.42 Å². The van der Waals surface area contributed by atoms with E-state index in [1.807, 2.05) is 6.92 Å². The highest BCUT2D eigenvalue weighted by Gasteiger charge is 2.19. The molecule has 220 valence electrons. The number of hydrogen-bond acceptors (Lipinski definition) is 10. The first-order chi connectivity index (χ1) is 19.7. The smallest absolute Gasteiger partial charge is 0.338 e. The summed E-state index contributed by atoms with van der Waals surface area (Å²) in [5.41, 5.74) is 1.31. The lowest BCUT2D eigenvalue weighted by Gasteiger charge is -2.19. The van der Waals surface area contributed by atoms with Gasteiger partial charge >= 0.3 is 17.9 Å². The van der Waals surface area contributed by atoms with E-state index in [1.54, 1.807) is 108 Å². The Morgan fingerprint density at radius 2 is 1.05 bits per heavy atom. The van der Waals surface area contributed by atoms with Gasteiger partial charge in [-0.3, -0.25) is 4.79 Å². The molecule has 10 nitrogen and oxygen atoms in total. The van der Waals surface area contributed by atoms with Gasteiger partial charge in [0.2, 0.25) is 0 Å². The highest BCUT2D eigenvalue weighted by Crippen LogP contribution is 2.34. The van der Waals surface area contributed by atoms with Gasteiger partial charge in [-0.1, -0.05) is 6.92 Å². The average Bonchev–Trinajstić information content (AvgIpc) is 2.90. The van der Waals surface area contributed by atoms with Gasteiger partial charge in [0.1, 0.15) is 16.9 Å². The minimum Gasteiger partial charge on any atom is -0.456 e. The molecule has 42 heavy (non-hydrogen) atoms. The first kappa shape index (κ1) is 31.8. The second-order valence-corrected chi connectivity index (χ2v) is 11.4. The molecule has 3 aromatic carbocycles. The summed E-state index contributed by atoms with van der Waals surface area (Å²) in [6.45, 7) is 12.7. The number of hydrogen-bond donors (Lipinski definition) is 0. The Bertz CT molecular complexity index is 1460. The first-order valence-corrected chi connectivity index (χ1v) is 13.6. The molecule has 0 aliphatic heterocycles. The number of esters is 3. The zero-order chi connectivity index (χ0) is 30.9. The summed E-state index contributed by atoms with van der Waals surface area (Å²) in [5.74, 6) is -1.03. The lowest BCUT2D eigenvalue weighted by molar-refractivity contribution is -0.134. The van der Waals surface area contributed by atoms with Crippen molar-refractivity contribution in [1.82, 2.24) is 0 Å². The Morgan fingerprint density at radius 3 is 1.50 bits per heavy atom. The van der Waals surface area contributed by atoms with Gasteiger partial charge in [-0.05, 0) is 115 Å². The summed E-state index contributed by atoms with van der Waals surface area (Å²) in [6.07, 6.45) is 0.891. The maximum atomic E-state index is 12.3. The molecule has 0 amide bonds. The second-order valence-electron chi connectivity index (χ2n) is 11.4. The maximum absolute atomic E-state index is 12.3. The number of carbonyl (C=O) groups is 3. The molecule has 0 bridgehead atoms. The molecule has 10 heteroatoms. The SMILES string of the molecule is CCCC(=O)Oc1ccc(N=Nc2ccc(C(=O)OC(C)(C)C)cc2)cc1N=Nc1ccc(C(=O)OC(C)(C)C)cc1. The third-order valence-corrected chi connectivity index (χ3v) is 5.18. The highest BCUT2D eigenvalue weighted by molar-refractivity contribution is 5.90. The molecule has 0 N–H and O–H groups in total. The minimum absolute atomic E-state index is 0.225. The molecular weight excluding hydrogens is 536 g/mol. The van der Waals surface area contributed by atoms with Gasteiger partial charge in [0.25, 0.3) is 0 Å². The number of carbonyl (C=O) groups excluding carboxylic acids is 3. The summed E-state index contributed by atoms with van der Waals surface area (Å²) in [6, 6.07) is 17.8. The van der Waals surface area contributed by atoms with E-state index in [0.717, 1.165) is 0 Å². The Hall–Kier alpha value is -4.73. The fourth-order valence-electron chi connectivity index (χ4n) is 3.34. The molecule has 3 aromatic rings. The lowest BCUT2D eigenvalue weighted by atomic mass is 10.1. The van der Waals surface area contributed by atoms with Gasteiger partial charge in [-0.15, -0.1) is 5.11 Å². The van der Waals surface area contributed by atoms with E-state index in [1.165, 1.54) is 0 Å². The summed E-state index contributed by atoms with van der Waals surface area (Å²) >= 11 is 0. The van der Waals surface area contributed by atoms with E-state index in [2.05, 4.69) is 20.5 Å². The summed E-state index contributed by atoms with van der Waals surface area (Å²) in [4.78, 5) is 36.7. The number of rotatable bonds is 9. The van der Waals surface area contributed by atoms with E-state index >= 15 is 0 Å². The number of benzene rings is 3. The van der Waals surface area contributed by atoms with E-state index in [0.29, 0.717) is 34.6 Å². The monoisotopic (exact) mass is 572 g/mol. The van der Waals surface area contributed by atoms with Crippen LogP contribution in [0.3, 0.4) is 0 Å². The standard InChI is InChI=1S/C32H36N4O6/c1-8-9-28(37)40-27-19-18-25(35-33-23-14-10-21(11-15-23)29(38)41-31(2,3)4)20-26(27)36-34-24-16-12-22(13-17-24)30(39)42-32(5,6)7/h10-20H,8-9H2,1-7H3. The van der Waals surface area contributed by atoms with Crippen LogP contribution in [0.4, 0.5) is 22.7 Å². The molecule has 0 radical (unpaired) electrons. The van der Waals surface area contributed by atoms with E-state index in [9.17, 15) is 14.4 Å². The lowest BCUT2D eigenvalue weighted by Crippen LogP contribution is -2.23. The Labute approximate surface area is 245 Å². The molecule has 0 fully saturated rings. The van der Waals surface area contributed by atoms with Gasteiger partial charge in [-0.2, -0.15) is 15.3 Å². The van der Waals surface area contributed by atoms with E-state index < -0.39 is 29.1 Å². The first-order valence-electron chi connectivity index (χ1n) is 13.6. The summed E-state index contributed by atoms with van der Waals surface area (Å²) in [7, 11) is 0. The van der Waals surface area contributed by atoms with Crippen LogP contribution in [0.1, 0.15) is 82.0 Å². The van der Waals surface area contributed by atoms with E-state index in [-0.39, 0.29) is 17.9 Å². The van der Waals surface area contributed by atoms with Crippen LogP contribution in [0.2, 0.25) is 0 Å². The van der Waals surface area contributed by atoms with Crippen LogP contribution in [0.15, 0.2) is 87.2 Å². The highest BCUT2D eigenvalue weighted by atomic mass is 16.6. The van der Waals surface area contributed by atoms with Crippen molar-refractivity contribution in [1.29, 1.82) is 0 Å². The molecule has 3 rings (SSSR count). The maximum Gasteiger partial charge on any atom is 0.338 e. The van der Waals surface area contributed by atoms with E-state index in [4.69, 9.17) is 14.2 Å². The van der Waals surface area contributed by atoms with Crippen molar-refractivity contribution in [2.24, 2.45) is 20.5 Å². The molecule has 0 heterocycles. The number of ether oxygens (including phenoxy) is 3. The normalized spacial score (nSPS) is 12.0. The fraction of sp³-hybridized carbons (Fsp3) is 0.344. The molecule has 0 aromatic heterocycles. The van der Waals surface area contributed by atoms with Crippen molar-refractivity contribution in [3.05, 3.63) is 77.9 Å². The second kappa shape index (κ2) is 13.8. The van der Waals surface area contributed by atoms with Crippen LogP contribution in [-0.2, 0) is 14.3 Å². The minimum atomic E-state index is -0.604. The largest absolute Gasteiger partial charge is 0.456 e. The third-order valence-electron chi connectivity index (χ3n) is 5.18. The van der Waals surface area contributed by atoms with Crippen molar-refractivity contribution >= 4 is 40.7 Å². The van der Waals surface area contributed by atoms with Gasteiger partial charge < -0.3 is 14.2 Å². The molecule has 0 unspecified atom stereocenters. The molecule has 0 atom stereocenters. The fourth-order valence-corrected chi connectivity index (χ4v) is 3.34. The Kier molecular flexibility index (Phi) is 10.4. The Morgan fingerprint density at radius 1 is 0.619 bits per heavy atom. The summed E-state index contributed by atoms with van der Waals surface area (Å²) in [5, 5.41) is 17.0. The third kappa shape index (κ3) is 10.3. The number of azo groups is 2. The number of nitrogens with zero attached hydrogens (tertiary/aromatic N) is 4.